The van der Waals surface area contributed by atoms with Gasteiger partial charge in [0.05, 0.1) is 5.54 Å². The van der Waals surface area contributed by atoms with Crippen LogP contribution in [-0.2, 0) is 0 Å². The number of aryl methyl sites for hydroxylation is 1. The van der Waals surface area contributed by atoms with Crippen molar-refractivity contribution in [1.82, 2.24) is 9.80 Å². The van der Waals surface area contributed by atoms with Crippen LogP contribution < -0.4 is 10.6 Å². The normalized spacial score (nSPS) is 16.0. The second kappa shape index (κ2) is 8.82. The van der Waals surface area contributed by atoms with Gasteiger partial charge in [0.25, 0.3) is 0 Å². The van der Waals surface area contributed by atoms with Crippen molar-refractivity contribution < 1.29 is 9.18 Å². The van der Waals surface area contributed by atoms with Gasteiger partial charge in [0, 0.05) is 31.0 Å². The summed E-state index contributed by atoms with van der Waals surface area (Å²) < 4.78 is 13.1. The van der Waals surface area contributed by atoms with Crippen LogP contribution in [-0.4, -0.2) is 47.0 Å². The Morgan fingerprint density at radius 2 is 1.83 bits per heavy atom. The lowest BCUT2D eigenvalue weighted by Crippen LogP contribution is -2.63. The van der Waals surface area contributed by atoms with Gasteiger partial charge in [-0.2, -0.15) is 5.26 Å². The van der Waals surface area contributed by atoms with Gasteiger partial charge in [-0.15, -0.1) is 4.99 Å². The number of nitrogens with zero attached hydrogens (tertiary/aromatic N) is 4. The van der Waals surface area contributed by atoms with Crippen LogP contribution in [0.15, 0.2) is 53.5 Å². The second-order valence-electron chi connectivity index (χ2n) is 7.80. The first-order valence-corrected chi connectivity index (χ1v) is 9.69. The average Bonchev–Trinajstić information content (AvgIpc) is 2.70. The molecule has 0 bridgehead atoms. The lowest BCUT2D eigenvalue weighted by Gasteiger charge is -2.48. The number of hydrogen-bond donors (Lipinski definition) is 2. The maximum absolute atomic E-state index is 13.1. The molecule has 7 nitrogen and oxygen atoms in total. The van der Waals surface area contributed by atoms with Gasteiger partial charge in [-0.05, 0) is 56.7 Å². The Morgan fingerprint density at radius 3 is 2.47 bits per heavy atom. The molecular formula is C22H25FN6O. The number of carbonyl (C=O) groups is 1. The van der Waals surface area contributed by atoms with Crippen LogP contribution >= 0.6 is 0 Å². The highest BCUT2D eigenvalue weighted by Gasteiger charge is 2.37. The molecule has 2 N–H and O–H groups in total. The summed E-state index contributed by atoms with van der Waals surface area (Å²) in [5, 5.41) is 15.3. The van der Waals surface area contributed by atoms with Gasteiger partial charge in [-0.1, -0.05) is 18.2 Å². The van der Waals surface area contributed by atoms with Gasteiger partial charge < -0.3 is 20.4 Å². The van der Waals surface area contributed by atoms with E-state index in [0.29, 0.717) is 31.3 Å². The molecule has 1 saturated heterocycles. The molecule has 30 heavy (non-hydrogen) atoms. The van der Waals surface area contributed by atoms with Gasteiger partial charge in [0.15, 0.2) is 0 Å². The summed E-state index contributed by atoms with van der Waals surface area (Å²) in [5.74, 6) is 0.101. The van der Waals surface area contributed by atoms with Crippen molar-refractivity contribution in [3.63, 3.8) is 0 Å². The van der Waals surface area contributed by atoms with Crippen LogP contribution in [0.2, 0.25) is 0 Å². The SMILES string of the molecule is Cc1ccccc1N/C(=N/C#N)N1CCN(C(=O)Nc2ccc(F)cc2)CC1(C)C. The number of anilines is 2. The molecule has 0 radical (unpaired) electrons. The van der Waals surface area contributed by atoms with E-state index in [2.05, 4.69) is 15.6 Å². The molecule has 156 valence electrons. The lowest BCUT2D eigenvalue weighted by atomic mass is 9.99. The van der Waals surface area contributed by atoms with Crippen molar-refractivity contribution in [3.05, 3.63) is 59.9 Å². The molecular weight excluding hydrogens is 383 g/mol. The number of benzene rings is 2. The zero-order valence-corrected chi connectivity index (χ0v) is 17.3. The Bertz CT molecular complexity index is 980. The Balaban J connectivity index is 1.72. The molecule has 0 aliphatic carbocycles. The minimum Gasteiger partial charge on any atom is -0.333 e. The Morgan fingerprint density at radius 1 is 1.13 bits per heavy atom. The number of carbonyl (C=O) groups excluding carboxylic acids is 1. The third kappa shape index (κ3) is 4.87. The van der Waals surface area contributed by atoms with Crippen LogP contribution in [0.4, 0.5) is 20.6 Å². The maximum atomic E-state index is 13.1. The highest BCUT2D eigenvalue weighted by molar-refractivity contribution is 5.96. The largest absolute Gasteiger partial charge is 0.333 e. The number of halogens is 1. The van der Waals surface area contributed by atoms with E-state index in [0.717, 1.165) is 11.3 Å². The second-order valence-corrected chi connectivity index (χ2v) is 7.80. The third-order valence-corrected chi connectivity index (χ3v) is 5.09. The third-order valence-electron chi connectivity index (χ3n) is 5.09. The van der Waals surface area contributed by atoms with Crippen molar-refractivity contribution in [2.45, 2.75) is 26.3 Å². The summed E-state index contributed by atoms with van der Waals surface area (Å²) in [4.78, 5) is 20.4. The van der Waals surface area contributed by atoms with E-state index in [1.165, 1.54) is 24.3 Å². The molecule has 2 aromatic carbocycles. The number of nitrogens with one attached hydrogen (secondary N) is 2. The van der Waals surface area contributed by atoms with Crippen molar-refractivity contribution in [2.75, 3.05) is 30.3 Å². The fraction of sp³-hybridized carbons (Fsp3) is 0.318. The molecule has 0 saturated carbocycles. The number of nitriles is 1. The highest BCUT2D eigenvalue weighted by Crippen LogP contribution is 2.24. The quantitative estimate of drug-likeness (QED) is 0.447. The zero-order valence-electron chi connectivity index (χ0n) is 17.3. The summed E-state index contributed by atoms with van der Waals surface area (Å²) in [6, 6.07) is 13.2. The standard InChI is InChI=1S/C22H25FN6O/c1-16-6-4-5-7-19(16)27-20(25-15-24)29-13-12-28(14-22(29,2)3)21(30)26-18-10-8-17(23)9-11-18/h4-11H,12-14H2,1-3H3,(H,25,27)(H,26,30). The van der Waals surface area contributed by atoms with Crippen molar-refractivity contribution in [1.29, 1.82) is 5.26 Å². The number of piperazine rings is 1. The molecule has 0 spiro atoms. The first kappa shape index (κ1) is 21.1. The maximum Gasteiger partial charge on any atom is 0.321 e. The Kier molecular flexibility index (Phi) is 6.21. The molecule has 0 unspecified atom stereocenters. The Hall–Kier alpha value is -3.60. The van der Waals surface area contributed by atoms with E-state index < -0.39 is 5.54 Å². The van der Waals surface area contributed by atoms with E-state index in [4.69, 9.17) is 0 Å². The van der Waals surface area contributed by atoms with Crippen LogP contribution in [0.3, 0.4) is 0 Å². The number of aliphatic imine (C=N–C) groups is 1. The zero-order chi connectivity index (χ0) is 21.7. The molecule has 1 fully saturated rings. The van der Waals surface area contributed by atoms with Gasteiger partial charge >= 0.3 is 6.03 Å². The van der Waals surface area contributed by atoms with Crippen molar-refractivity contribution in [2.24, 2.45) is 4.99 Å². The number of para-hydroxylation sites is 1. The van der Waals surface area contributed by atoms with E-state index in [-0.39, 0.29) is 11.8 Å². The molecule has 3 rings (SSSR count). The summed E-state index contributed by atoms with van der Waals surface area (Å²) in [6.45, 7) is 7.36. The molecule has 1 aliphatic heterocycles. The minimum absolute atomic E-state index is 0.250. The predicted molar refractivity (Wildman–Crippen MR) is 116 cm³/mol. The topological polar surface area (TPSA) is 83.8 Å². The van der Waals surface area contributed by atoms with E-state index in [1.807, 2.05) is 56.1 Å². The fourth-order valence-corrected chi connectivity index (χ4v) is 3.49. The van der Waals surface area contributed by atoms with Gasteiger partial charge in [0.1, 0.15) is 5.82 Å². The molecule has 2 aromatic rings. The molecule has 8 heteroatoms. The van der Waals surface area contributed by atoms with E-state index in [1.54, 1.807) is 4.90 Å². The summed E-state index contributed by atoms with van der Waals surface area (Å²) >= 11 is 0. The molecule has 0 aromatic heterocycles. The number of amides is 2. The summed E-state index contributed by atoms with van der Waals surface area (Å²) in [5.41, 5.74) is 1.98. The van der Waals surface area contributed by atoms with Crippen molar-refractivity contribution in [3.8, 4) is 6.19 Å². The van der Waals surface area contributed by atoms with Gasteiger partial charge in [0.2, 0.25) is 12.2 Å². The minimum atomic E-state index is -0.468. The van der Waals surface area contributed by atoms with Crippen LogP contribution in [0, 0.1) is 24.2 Å². The molecule has 1 aliphatic rings. The number of guanidine groups is 1. The number of hydrogen-bond acceptors (Lipinski definition) is 3. The van der Waals surface area contributed by atoms with Gasteiger partial charge in [-0.25, -0.2) is 9.18 Å². The summed E-state index contributed by atoms with van der Waals surface area (Å²) in [6.07, 6.45) is 1.87. The Labute approximate surface area is 175 Å². The van der Waals surface area contributed by atoms with Crippen molar-refractivity contribution >= 4 is 23.4 Å². The first-order valence-electron chi connectivity index (χ1n) is 9.69. The fourth-order valence-electron chi connectivity index (χ4n) is 3.49. The van der Waals surface area contributed by atoms with Gasteiger partial charge in [-0.3, -0.25) is 0 Å². The molecule has 2 amide bonds. The lowest BCUT2D eigenvalue weighted by molar-refractivity contribution is 0.0938. The van der Waals surface area contributed by atoms with Crippen LogP contribution in [0.5, 0.6) is 0 Å². The average molecular weight is 408 g/mol. The first-order chi connectivity index (χ1) is 14.3. The summed E-state index contributed by atoms with van der Waals surface area (Å²) in [7, 11) is 0. The molecule has 1 heterocycles. The predicted octanol–water partition coefficient (Wildman–Crippen LogP) is 4.01. The van der Waals surface area contributed by atoms with Crippen LogP contribution in [0.1, 0.15) is 19.4 Å². The van der Waals surface area contributed by atoms with E-state index >= 15 is 0 Å². The van der Waals surface area contributed by atoms with E-state index in [9.17, 15) is 14.4 Å². The highest BCUT2D eigenvalue weighted by atomic mass is 19.1. The number of rotatable bonds is 2. The smallest absolute Gasteiger partial charge is 0.321 e. The number of urea groups is 1. The molecule has 0 atom stereocenters. The van der Waals surface area contributed by atoms with Crippen LogP contribution in [0.25, 0.3) is 0 Å². The monoisotopic (exact) mass is 408 g/mol.